The van der Waals surface area contributed by atoms with Crippen LogP contribution in [0.15, 0.2) is 42.6 Å². The second-order valence-electron chi connectivity index (χ2n) is 8.33. The smallest absolute Gasteiger partial charge is 0.307 e. The summed E-state index contributed by atoms with van der Waals surface area (Å²) >= 11 is 0. The molecule has 0 spiro atoms. The fourth-order valence-corrected chi connectivity index (χ4v) is 4.42. The molecule has 1 atom stereocenters. The maximum Gasteiger partial charge on any atom is 0.307 e. The molecule has 3 aromatic rings. The largest absolute Gasteiger partial charge is 0.493 e. The van der Waals surface area contributed by atoms with E-state index in [4.69, 9.17) is 14.5 Å². The molecule has 0 aliphatic carbocycles. The number of hydrogen-bond donors (Lipinski definition) is 1. The number of rotatable bonds is 10. The number of aromatic nitrogens is 2. The number of esters is 1. The van der Waals surface area contributed by atoms with E-state index in [9.17, 15) is 4.79 Å². The number of nitrogens with zero attached hydrogens (tertiary/aromatic N) is 2. The van der Waals surface area contributed by atoms with Crippen molar-refractivity contribution in [3.8, 4) is 5.75 Å². The van der Waals surface area contributed by atoms with Crippen molar-refractivity contribution in [1.29, 1.82) is 0 Å². The molecule has 170 valence electrons. The monoisotopic (exact) mass is 435 g/mol. The summed E-state index contributed by atoms with van der Waals surface area (Å²) < 4.78 is 13.4. The highest BCUT2D eigenvalue weighted by molar-refractivity contribution is 5.82. The van der Waals surface area contributed by atoms with Gasteiger partial charge in [0.2, 0.25) is 0 Å². The fraction of sp³-hybridized carbons (Fsp3) is 0.462. The predicted octanol–water partition coefficient (Wildman–Crippen LogP) is 5.31. The second-order valence-corrected chi connectivity index (χ2v) is 8.33. The molecule has 1 aliphatic heterocycles. The Bertz CT molecular complexity index is 1060. The van der Waals surface area contributed by atoms with Gasteiger partial charge in [0.25, 0.3) is 0 Å². The number of nitrogens with one attached hydrogen (secondary N) is 1. The zero-order chi connectivity index (χ0) is 22.3. The fourth-order valence-electron chi connectivity index (χ4n) is 4.42. The third kappa shape index (κ3) is 5.23. The molecular formula is C26H33N3O3. The molecule has 0 bridgehead atoms. The molecule has 1 aromatic carbocycles. The molecule has 4 rings (SSSR count). The lowest BCUT2D eigenvalue weighted by molar-refractivity contribution is -0.144. The number of aryl methyl sites for hydroxylation is 1. The maximum atomic E-state index is 12.1. The predicted molar refractivity (Wildman–Crippen MR) is 127 cm³/mol. The molecule has 3 heterocycles. The van der Waals surface area contributed by atoms with Gasteiger partial charge in [-0.05, 0) is 62.1 Å². The number of carbonyl (C=O) groups excluding carboxylic acids is 1. The van der Waals surface area contributed by atoms with E-state index in [1.54, 1.807) is 0 Å². The Balaban J connectivity index is 1.40. The van der Waals surface area contributed by atoms with Crippen molar-refractivity contribution >= 4 is 22.7 Å². The van der Waals surface area contributed by atoms with Gasteiger partial charge in [-0.2, -0.15) is 0 Å². The van der Waals surface area contributed by atoms with Gasteiger partial charge in [0.05, 0.1) is 19.6 Å². The highest BCUT2D eigenvalue weighted by Crippen LogP contribution is 2.29. The van der Waals surface area contributed by atoms with Crippen molar-refractivity contribution in [2.24, 2.45) is 0 Å². The lowest BCUT2D eigenvalue weighted by Crippen LogP contribution is -2.15. The van der Waals surface area contributed by atoms with Crippen LogP contribution in [-0.2, 0) is 22.4 Å². The minimum atomic E-state index is -0.140. The van der Waals surface area contributed by atoms with Gasteiger partial charge in [0.15, 0.2) is 0 Å². The first-order valence-electron chi connectivity index (χ1n) is 11.8. The molecule has 32 heavy (non-hydrogen) atoms. The number of anilines is 1. The zero-order valence-electron chi connectivity index (χ0n) is 19.1. The van der Waals surface area contributed by atoms with Gasteiger partial charge in [0.1, 0.15) is 11.6 Å². The lowest BCUT2D eigenvalue weighted by Gasteiger charge is -2.19. The molecule has 0 amide bonds. The third-order valence-corrected chi connectivity index (χ3v) is 5.99. The molecule has 0 fully saturated rings. The zero-order valence-corrected chi connectivity index (χ0v) is 19.1. The summed E-state index contributed by atoms with van der Waals surface area (Å²) in [5, 5.41) is 4.50. The van der Waals surface area contributed by atoms with E-state index in [2.05, 4.69) is 53.3 Å². The van der Waals surface area contributed by atoms with Crippen LogP contribution >= 0.6 is 0 Å². The molecule has 6 nitrogen and oxygen atoms in total. The molecule has 0 saturated heterocycles. The Kier molecular flexibility index (Phi) is 7.30. The van der Waals surface area contributed by atoms with Crippen LogP contribution in [0.3, 0.4) is 0 Å². The standard InChI is InChI=1S/C26H33N3O3/c1-3-6-22(18-25(30)31-4-2)29-15-12-20-17-23(10-11-24(20)29)32-16-13-21-9-8-19-7-5-14-27-26(19)28-21/h8-12,15,17,22H,3-7,13-14,16,18H2,1-2H3,(H,27,28). The van der Waals surface area contributed by atoms with E-state index in [1.807, 2.05) is 13.0 Å². The molecular weight excluding hydrogens is 402 g/mol. The van der Waals surface area contributed by atoms with Gasteiger partial charge in [-0.3, -0.25) is 4.79 Å². The molecule has 1 N–H and O–H groups in total. The van der Waals surface area contributed by atoms with E-state index in [0.29, 0.717) is 19.6 Å². The molecule has 6 heteroatoms. The van der Waals surface area contributed by atoms with Crippen molar-refractivity contribution < 1.29 is 14.3 Å². The van der Waals surface area contributed by atoms with Crippen LogP contribution < -0.4 is 10.1 Å². The van der Waals surface area contributed by atoms with Crippen LogP contribution in [0.2, 0.25) is 0 Å². The first kappa shape index (κ1) is 22.2. The second kappa shape index (κ2) is 10.5. The molecule has 0 radical (unpaired) electrons. The van der Waals surface area contributed by atoms with Gasteiger partial charge in [-0.1, -0.05) is 19.4 Å². The average Bonchev–Trinajstić information content (AvgIpc) is 3.22. The van der Waals surface area contributed by atoms with Gasteiger partial charge < -0.3 is 19.4 Å². The van der Waals surface area contributed by atoms with Crippen molar-refractivity contribution in [1.82, 2.24) is 9.55 Å². The summed E-state index contributed by atoms with van der Waals surface area (Å²) in [6.07, 6.45) is 7.45. The number of ether oxygens (including phenoxy) is 2. The van der Waals surface area contributed by atoms with Crippen LogP contribution in [-0.4, -0.2) is 35.3 Å². The minimum Gasteiger partial charge on any atom is -0.493 e. The summed E-state index contributed by atoms with van der Waals surface area (Å²) in [6.45, 7) is 5.99. The number of carbonyl (C=O) groups is 1. The van der Waals surface area contributed by atoms with Gasteiger partial charge in [-0.15, -0.1) is 0 Å². The Morgan fingerprint density at radius 3 is 2.97 bits per heavy atom. The van der Waals surface area contributed by atoms with Crippen molar-refractivity contribution in [2.75, 3.05) is 25.1 Å². The number of fused-ring (bicyclic) bond motifs is 2. The van der Waals surface area contributed by atoms with Crippen molar-refractivity contribution in [3.05, 3.63) is 53.9 Å². The highest BCUT2D eigenvalue weighted by Gasteiger charge is 2.18. The topological polar surface area (TPSA) is 65.4 Å². The first-order valence-corrected chi connectivity index (χ1v) is 11.8. The number of hydrogen-bond acceptors (Lipinski definition) is 5. The van der Waals surface area contributed by atoms with Crippen LogP contribution in [0.4, 0.5) is 5.82 Å². The van der Waals surface area contributed by atoms with E-state index in [-0.39, 0.29) is 12.0 Å². The summed E-state index contributed by atoms with van der Waals surface area (Å²) in [7, 11) is 0. The lowest BCUT2D eigenvalue weighted by atomic mass is 10.1. The van der Waals surface area contributed by atoms with Crippen molar-refractivity contribution in [3.63, 3.8) is 0 Å². The number of pyridine rings is 1. The summed E-state index contributed by atoms with van der Waals surface area (Å²) in [6, 6.07) is 12.6. The van der Waals surface area contributed by atoms with Crippen LogP contribution in [0.25, 0.3) is 10.9 Å². The van der Waals surface area contributed by atoms with Gasteiger partial charge in [-0.25, -0.2) is 4.98 Å². The van der Waals surface area contributed by atoms with Gasteiger partial charge >= 0.3 is 5.97 Å². The first-order chi connectivity index (χ1) is 15.7. The van der Waals surface area contributed by atoms with Crippen molar-refractivity contribution in [2.45, 2.75) is 58.4 Å². The van der Waals surface area contributed by atoms with E-state index in [0.717, 1.165) is 60.4 Å². The molecule has 1 aliphatic rings. The third-order valence-electron chi connectivity index (χ3n) is 5.99. The Morgan fingerprint density at radius 2 is 2.12 bits per heavy atom. The van der Waals surface area contributed by atoms with Gasteiger partial charge in [0, 0.05) is 41.8 Å². The minimum absolute atomic E-state index is 0.104. The summed E-state index contributed by atoms with van der Waals surface area (Å²) in [5.41, 5.74) is 3.47. The van der Waals surface area contributed by atoms with E-state index < -0.39 is 0 Å². The Labute approximate surface area is 189 Å². The van der Waals surface area contributed by atoms with Crippen LogP contribution in [0.5, 0.6) is 5.75 Å². The molecule has 2 aromatic heterocycles. The van der Waals surface area contributed by atoms with E-state index >= 15 is 0 Å². The maximum absolute atomic E-state index is 12.1. The highest BCUT2D eigenvalue weighted by atomic mass is 16.5. The Morgan fingerprint density at radius 1 is 1.22 bits per heavy atom. The quantitative estimate of drug-likeness (QED) is 0.437. The summed E-state index contributed by atoms with van der Waals surface area (Å²) in [4.78, 5) is 16.8. The van der Waals surface area contributed by atoms with Crippen LogP contribution in [0.1, 0.15) is 56.8 Å². The SMILES string of the molecule is CCCC(CC(=O)OCC)n1ccc2cc(OCCc3ccc4c(n3)NCCC4)ccc21. The number of benzene rings is 1. The average molecular weight is 436 g/mol. The Hall–Kier alpha value is -3.02. The van der Waals surface area contributed by atoms with E-state index in [1.165, 1.54) is 12.0 Å². The summed E-state index contributed by atoms with van der Waals surface area (Å²) in [5.74, 6) is 1.74. The normalized spacial score (nSPS) is 13.9. The van der Waals surface area contributed by atoms with Crippen LogP contribution in [0, 0.1) is 0 Å². The molecule has 1 unspecified atom stereocenters. The molecule has 0 saturated carbocycles.